The Morgan fingerprint density at radius 1 is 0.923 bits per heavy atom. The molecule has 0 saturated carbocycles. The Kier molecular flexibility index (Phi) is 9.78. The smallest absolute Gasteiger partial charge is 0.295 e. The first kappa shape index (κ1) is 28.0. The molecule has 1 aromatic heterocycles. The van der Waals surface area contributed by atoms with Crippen molar-refractivity contribution in [3.8, 4) is 11.5 Å². The highest BCUT2D eigenvalue weighted by Gasteiger charge is 2.45. The minimum atomic E-state index is -0.720. The van der Waals surface area contributed by atoms with E-state index >= 15 is 0 Å². The third-order valence-electron chi connectivity index (χ3n) is 6.75. The van der Waals surface area contributed by atoms with Crippen molar-refractivity contribution in [1.29, 1.82) is 0 Å². The molecular formula is C31H37N3O5. The maximum atomic E-state index is 13.4. The maximum absolute atomic E-state index is 13.4. The molecule has 1 fully saturated rings. The number of aliphatic hydroxyl groups is 1. The van der Waals surface area contributed by atoms with Crippen LogP contribution in [0.5, 0.6) is 11.5 Å². The number of Topliss-reactive ketones (excluding diaryl/α,β-unsaturated/α-hetero) is 1. The van der Waals surface area contributed by atoms with E-state index in [2.05, 4.69) is 18.8 Å². The third kappa shape index (κ3) is 6.88. The number of aliphatic hydroxyl groups excluding tert-OH is 1. The molecule has 8 nitrogen and oxygen atoms in total. The number of ether oxygens (including phenoxy) is 2. The lowest BCUT2D eigenvalue weighted by atomic mass is 9.95. The van der Waals surface area contributed by atoms with Gasteiger partial charge in [-0.3, -0.25) is 9.59 Å². The van der Waals surface area contributed by atoms with Gasteiger partial charge < -0.3 is 24.0 Å². The number of aromatic nitrogens is 2. The lowest BCUT2D eigenvalue weighted by Gasteiger charge is -2.25. The fourth-order valence-electron chi connectivity index (χ4n) is 4.60. The quantitative estimate of drug-likeness (QED) is 0.123. The van der Waals surface area contributed by atoms with E-state index in [0.717, 1.165) is 37.0 Å². The SMILES string of the molecule is CCCCOc1ccc(C2C(=C(O)c3cccc(OCCCC)c3)C(=O)C(=O)N2CCCn2ccnc2)cc1. The average molecular weight is 532 g/mol. The van der Waals surface area contributed by atoms with Crippen molar-refractivity contribution in [3.05, 3.63) is 84.0 Å². The Labute approximate surface area is 229 Å². The summed E-state index contributed by atoms with van der Waals surface area (Å²) in [6.45, 7) is 6.38. The molecule has 0 radical (unpaired) electrons. The van der Waals surface area contributed by atoms with Crippen molar-refractivity contribution in [2.24, 2.45) is 0 Å². The van der Waals surface area contributed by atoms with Crippen LogP contribution < -0.4 is 9.47 Å². The van der Waals surface area contributed by atoms with Crippen LogP contribution in [0.3, 0.4) is 0 Å². The monoisotopic (exact) mass is 531 g/mol. The van der Waals surface area contributed by atoms with Crippen LogP contribution in [0.1, 0.15) is 63.1 Å². The summed E-state index contributed by atoms with van der Waals surface area (Å²) in [6, 6.07) is 13.7. The summed E-state index contributed by atoms with van der Waals surface area (Å²) in [4.78, 5) is 32.3. The molecule has 1 aliphatic rings. The van der Waals surface area contributed by atoms with Crippen LogP contribution >= 0.6 is 0 Å². The minimum absolute atomic E-state index is 0.0768. The number of aryl methyl sites for hydroxylation is 1. The molecule has 1 atom stereocenters. The Balaban J connectivity index is 1.66. The molecule has 39 heavy (non-hydrogen) atoms. The van der Waals surface area contributed by atoms with Gasteiger partial charge >= 0.3 is 0 Å². The summed E-state index contributed by atoms with van der Waals surface area (Å²) in [7, 11) is 0. The summed E-state index contributed by atoms with van der Waals surface area (Å²) < 4.78 is 13.5. The van der Waals surface area contributed by atoms with E-state index in [9.17, 15) is 14.7 Å². The highest BCUT2D eigenvalue weighted by atomic mass is 16.5. The largest absolute Gasteiger partial charge is 0.507 e. The van der Waals surface area contributed by atoms with E-state index in [-0.39, 0.29) is 11.3 Å². The van der Waals surface area contributed by atoms with Crippen molar-refractivity contribution >= 4 is 17.4 Å². The van der Waals surface area contributed by atoms with Crippen LogP contribution in [0, 0.1) is 0 Å². The van der Waals surface area contributed by atoms with Gasteiger partial charge in [-0.15, -0.1) is 0 Å². The van der Waals surface area contributed by atoms with E-state index in [1.807, 2.05) is 41.1 Å². The fourth-order valence-corrected chi connectivity index (χ4v) is 4.60. The lowest BCUT2D eigenvalue weighted by molar-refractivity contribution is -0.139. The molecule has 1 unspecified atom stereocenters. The number of unbranched alkanes of at least 4 members (excludes halogenated alkanes) is 2. The number of amides is 1. The molecule has 0 aliphatic carbocycles. The number of nitrogens with zero attached hydrogens (tertiary/aromatic N) is 3. The molecule has 3 aromatic rings. The Morgan fingerprint density at radius 2 is 1.64 bits per heavy atom. The Hall–Kier alpha value is -4.07. The Bertz CT molecular complexity index is 1270. The van der Waals surface area contributed by atoms with E-state index in [4.69, 9.17) is 9.47 Å². The van der Waals surface area contributed by atoms with E-state index in [0.29, 0.717) is 44.0 Å². The number of carbonyl (C=O) groups is 2. The van der Waals surface area contributed by atoms with Crippen LogP contribution in [-0.4, -0.2) is 51.0 Å². The second kappa shape index (κ2) is 13.6. The first-order valence-corrected chi connectivity index (χ1v) is 13.7. The van der Waals surface area contributed by atoms with Crippen LogP contribution in [0.25, 0.3) is 5.76 Å². The summed E-state index contributed by atoms with van der Waals surface area (Å²) in [5, 5.41) is 11.4. The molecule has 1 saturated heterocycles. The first-order valence-electron chi connectivity index (χ1n) is 13.7. The molecule has 8 heteroatoms. The van der Waals surface area contributed by atoms with Crippen molar-refractivity contribution in [3.63, 3.8) is 0 Å². The molecule has 0 spiro atoms. The van der Waals surface area contributed by atoms with Crippen molar-refractivity contribution in [2.75, 3.05) is 19.8 Å². The third-order valence-corrected chi connectivity index (χ3v) is 6.75. The standard InChI is InChI=1S/C31H37N3O5/c1-3-5-19-38-25-13-11-23(12-14-25)28-27(29(35)24-9-7-10-26(21-24)39-20-6-4-2)30(36)31(37)34(28)17-8-16-33-18-15-32-22-33/h7,9-15,18,21-22,28,35H,3-6,8,16-17,19-20H2,1-2H3. The lowest BCUT2D eigenvalue weighted by Crippen LogP contribution is -2.31. The topological polar surface area (TPSA) is 93.9 Å². The van der Waals surface area contributed by atoms with Gasteiger partial charge in [0, 0.05) is 31.0 Å². The summed E-state index contributed by atoms with van der Waals surface area (Å²) in [5.74, 6) is -0.195. The number of rotatable bonds is 14. The summed E-state index contributed by atoms with van der Waals surface area (Å²) in [5.41, 5.74) is 1.24. The van der Waals surface area contributed by atoms with Gasteiger partial charge in [0.05, 0.1) is 31.2 Å². The highest BCUT2D eigenvalue weighted by Crippen LogP contribution is 2.40. The molecule has 2 heterocycles. The molecular weight excluding hydrogens is 494 g/mol. The molecule has 1 N–H and O–H groups in total. The second-order valence-corrected chi connectivity index (χ2v) is 9.65. The molecule has 0 bridgehead atoms. The minimum Gasteiger partial charge on any atom is -0.507 e. The number of ketones is 1. The summed E-state index contributed by atoms with van der Waals surface area (Å²) >= 11 is 0. The number of benzene rings is 2. The predicted octanol–water partition coefficient (Wildman–Crippen LogP) is 5.75. The van der Waals surface area contributed by atoms with E-state index in [1.165, 1.54) is 0 Å². The number of hydrogen-bond acceptors (Lipinski definition) is 6. The predicted molar refractivity (Wildman–Crippen MR) is 150 cm³/mol. The van der Waals surface area contributed by atoms with Gasteiger partial charge in [0.15, 0.2) is 0 Å². The number of hydrogen-bond donors (Lipinski definition) is 1. The van der Waals surface area contributed by atoms with Crippen molar-refractivity contribution < 1.29 is 24.2 Å². The maximum Gasteiger partial charge on any atom is 0.295 e. The normalized spacial score (nSPS) is 16.6. The molecule has 1 aliphatic heterocycles. The van der Waals surface area contributed by atoms with E-state index < -0.39 is 17.7 Å². The zero-order valence-electron chi connectivity index (χ0n) is 22.7. The van der Waals surface area contributed by atoms with Crippen LogP contribution in [0.15, 0.2) is 72.8 Å². The average Bonchev–Trinajstić information content (AvgIpc) is 3.56. The number of imidazole rings is 1. The molecule has 2 aromatic carbocycles. The van der Waals surface area contributed by atoms with Gasteiger partial charge in [0.25, 0.3) is 11.7 Å². The van der Waals surface area contributed by atoms with Crippen LogP contribution in [0.2, 0.25) is 0 Å². The van der Waals surface area contributed by atoms with Crippen molar-refractivity contribution in [2.45, 2.75) is 58.5 Å². The van der Waals surface area contributed by atoms with Gasteiger partial charge in [-0.25, -0.2) is 4.98 Å². The van der Waals surface area contributed by atoms with E-state index in [1.54, 1.807) is 35.6 Å². The van der Waals surface area contributed by atoms with Crippen LogP contribution in [-0.2, 0) is 16.1 Å². The fraction of sp³-hybridized carbons (Fsp3) is 0.387. The number of carbonyl (C=O) groups excluding carboxylic acids is 2. The van der Waals surface area contributed by atoms with Gasteiger partial charge in [0.2, 0.25) is 0 Å². The van der Waals surface area contributed by atoms with Gasteiger partial charge in [-0.1, -0.05) is 51.0 Å². The van der Waals surface area contributed by atoms with Gasteiger partial charge in [-0.2, -0.15) is 0 Å². The van der Waals surface area contributed by atoms with Crippen LogP contribution in [0.4, 0.5) is 0 Å². The molecule has 4 rings (SSSR count). The highest BCUT2D eigenvalue weighted by molar-refractivity contribution is 6.46. The number of likely N-dealkylation sites (tertiary alicyclic amines) is 1. The van der Waals surface area contributed by atoms with Crippen molar-refractivity contribution in [1.82, 2.24) is 14.5 Å². The zero-order valence-corrected chi connectivity index (χ0v) is 22.7. The Morgan fingerprint density at radius 3 is 2.31 bits per heavy atom. The van der Waals surface area contributed by atoms with Gasteiger partial charge in [-0.05, 0) is 49.1 Å². The van der Waals surface area contributed by atoms with Gasteiger partial charge in [0.1, 0.15) is 17.3 Å². The zero-order chi connectivity index (χ0) is 27.6. The second-order valence-electron chi connectivity index (χ2n) is 9.65. The summed E-state index contributed by atoms with van der Waals surface area (Å²) in [6.07, 6.45) is 9.83. The molecule has 1 amide bonds. The molecule has 206 valence electrons. The first-order chi connectivity index (χ1) is 19.0.